The van der Waals surface area contributed by atoms with Gasteiger partial charge in [0.05, 0.1) is 18.8 Å². The maximum absolute atomic E-state index is 12.3. The van der Waals surface area contributed by atoms with Crippen molar-refractivity contribution in [2.75, 3.05) is 12.4 Å². The van der Waals surface area contributed by atoms with Crippen molar-refractivity contribution >= 4 is 17.6 Å². The Morgan fingerprint density at radius 2 is 1.79 bits per heavy atom. The third kappa shape index (κ3) is 4.59. The highest BCUT2D eigenvalue weighted by molar-refractivity contribution is 6.04. The van der Waals surface area contributed by atoms with Crippen LogP contribution in [0.25, 0.3) is 0 Å². The van der Waals surface area contributed by atoms with Crippen LogP contribution in [0, 0.1) is 0 Å². The Labute approximate surface area is 141 Å². The number of hydrogen-bond donors (Lipinski definition) is 1. The van der Waals surface area contributed by atoms with Crippen LogP contribution in [0.15, 0.2) is 48.5 Å². The lowest BCUT2D eigenvalue weighted by Crippen LogP contribution is -2.13. The molecule has 1 unspecified atom stereocenters. The molecule has 0 saturated heterocycles. The van der Waals surface area contributed by atoms with Crippen molar-refractivity contribution in [3.05, 3.63) is 59.7 Å². The van der Waals surface area contributed by atoms with Gasteiger partial charge in [-0.05, 0) is 55.8 Å². The summed E-state index contributed by atoms with van der Waals surface area (Å²) >= 11 is 0. The second-order valence-corrected chi connectivity index (χ2v) is 5.39. The fourth-order valence-electron chi connectivity index (χ4n) is 2.04. The van der Waals surface area contributed by atoms with E-state index in [1.165, 1.54) is 7.11 Å². The van der Waals surface area contributed by atoms with E-state index >= 15 is 0 Å². The molecule has 0 fully saturated rings. The van der Waals surface area contributed by atoms with Gasteiger partial charge in [-0.1, -0.05) is 13.0 Å². The van der Waals surface area contributed by atoms with Crippen molar-refractivity contribution in [1.29, 1.82) is 0 Å². The zero-order valence-corrected chi connectivity index (χ0v) is 14.0. The Morgan fingerprint density at radius 3 is 2.42 bits per heavy atom. The highest BCUT2D eigenvalue weighted by atomic mass is 16.5. The summed E-state index contributed by atoms with van der Waals surface area (Å²) in [5, 5.41) is 2.79. The summed E-state index contributed by atoms with van der Waals surface area (Å²) in [6, 6.07) is 13.6. The summed E-state index contributed by atoms with van der Waals surface area (Å²) in [4.78, 5) is 23.7. The van der Waals surface area contributed by atoms with Gasteiger partial charge in [0.2, 0.25) is 0 Å². The first-order valence-electron chi connectivity index (χ1n) is 7.80. The Morgan fingerprint density at radius 1 is 1.08 bits per heavy atom. The molecule has 0 aliphatic carbocycles. The largest absolute Gasteiger partial charge is 0.491 e. The second kappa shape index (κ2) is 8.15. The number of carbonyl (C=O) groups excluding carboxylic acids is 2. The van der Waals surface area contributed by atoms with Gasteiger partial charge in [-0.3, -0.25) is 4.79 Å². The van der Waals surface area contributed by atoms with E-state index in [-0.39, 0.29) is 12.0 Å². The van der Waals surface area contributed by atoms with Crippen molar-refractivity contribution < 1.29 is 19.1 Å². The van der Waals surface area contributed by atoms with Gasteiger partial charge in [-0.2, -0.15) is 0 Å². The predicted octanol–water partition coefficient (Wildman–Crippen LogP) is 3.90. The molecule has 2 aromatic carbocycles. The van der Waals surface area contributed by atoms with Crippen molar-refractivity contribution in [2.45, 2.75) is 26.4 Å². The molecule has 2 rings (SSSR count). The first kappa shape index (κ1) is 17.5. The van der Waals surface area contributed by atoms with E-state index in [1.807, 2.05) is 19.9 Å². The minimum absolute atomic E-state index is 0.0918. The minimum Gasteiger partial charge on any atom is -0.491 e. The van der Waals surface area contributed by atoms with Gasteiger partial charge in [-0.25, -0.2) is 4.79 Å². The molecule has 1 N–H and O–H groups in total. The zero-order chi connectivity index (χ0) is 17.5. The smallest absolute Gasteiger partial charge is 0.337 e. The van der Waals surface area contributed by atoms with E-state index in [0.717, 1.165) is 6.42 Å². The maximum atomic E-state index is 12.3. The summed E-state index contributed by atoms with van der Waals surface area (Å²) in [5.41, 5.74) is 1.54. The van der Waals surface area contributed by atoms with Crippen LogP contribution in [-0.2, 0) is 4.74 Å². The molecule has 24 heavy (non-hydrogen) atoms. The van der Waals surface area contributed by atoms with Crippen molar-refractivity contribution in [2.24, 2.45) is 0 Å². The summed E-state index contributed by atoms with van der Waals surface area (Å²) in [6.07, 6.45) is 0.984. The van der Waals surface area contributed by atoms with Crippen molar-refractivity contribution in [3.63, 3.8) is 0 Å². The Balaban J connectivity index is 2.06. The van der Waals surface area contributed by atoms with E-state index < -0.39 is 5.97 Å². The van der Waals surface area contributed by atoms with Gasteiger partial charge in [-0.15, -0.1) is 0 Å². The van der Waals surface area contributed by atoms with E-state index in [2.05, 4.69) is 10.1 Å². The molecule has 0 aliphatic rings. The van der Waals surface area contributed by atoms with Gasteiger partial charge in [0.15, 0.2) is 0 Å². The van der Waals surface area contributed by atoms with Gasteiger partial charge >= 0.3 is 5.97 Å². The van der Waals surface area contributed by atoms with Crippen LogP contribution in [-0.4, -0.2) is 25.1 Å². The number of amides is 1. The number of benzene rings is 2. The lowest BCUT2D eigenvalue weighted by Gasteiger charge is -2.13. The zero-order valence-electron chi connectivity index (χ0n) is 14.0. The molecular formula is C19H21NO4. The van der Waals surface area contributed by atoms with Crippen LogP contribution < -0.4 is 10.1 Å². The fraction of sp³-hybridized carbons (Fsp3) is 0.263. The lowest BCUT2D eigenvalue weighted by molar-refractivity contribution is 0.0600. The first-order chi connectivity index (χ1) is 11.5. The monoisotopic (exact) mass is 327 g/mol. The van der Waals surface area contributed by atoms with E-state index in [9.17, 15) is 9.59 Å². The van der Waals surface area contributed by atoms with Gasteiger partial charge < -0.3 is 14.8 Å². The average molecular weight is 327 g/mol. The average Bonchev–Trinajstić information content (AvgIpc) is 2.61. The van der Waals surface area contributed by atoms with Crippen LogP contribution in [0.3, 0.4) is 0 Å². The van der Waals surface area contributed by atoms with Crippen molar-refractivity contribution in [3.8, 4) is 5.75 Å². The Bertz CT molecular complexity index is 710. The third-order valence-corrected chi connectivity index (χ3v) is 3.57. The van der Waals surface area contributed by atoms with Crippen LogP contribution in [0.4, 0.5) is 5.69 Å². The lowest BCUT2D eigenvalue weighted by atomic mass is 10.1. The molecule has 0 radical (unpaired) electrons. The standard InChI is InChI=1S/C19H21NO4/c1-4-13(2)24-17-7-5-6-15(12-17)18(21)20-16-10-8-14(9-11-16)19(22)23-3/h5-13H,4H2,1-3H3,(H,20,21). The summed E-state index contributed by atoms with van der Waals surface area (Å²) in [7, 11) is 1.33. The predicted molar refractivity (Wildman–Crippen MR) is 92.6 cm³/mol. The van der Waals surface area contributed by atoms with Crippen LogP contribution in [0.1, 0.15) is 41.0 Å². The molecule has 0 bridgehead atoms. The molecule has 0 heterocycles. The molecule has 0 spiro atoms. The van der Waals surface area contributed by atoms with Gasteiger partial charge in [0, 0.05) is 11.3 Å². The van der Waals surface area contributed by atoms with E-state index in [1.54, 1.807) is 42.5 Å². The molecule has 2 aromatic rings. The van der Waals surface area contributed by atoms with Gasteiger partial charge in [0.25, 0.3) is 5.91 Å². The number of methoxy groups -OCH3 is 1. The molecule has 0 saturated carbocycles. The number of anilines is 1. The van der Waals surface area contributed by atoms with Crippen LogP contribution in [0.2, 0.25) is 0 Å². The topological polar surface area (TPSA) is 64.6 Å². The Hall–Kier alpha value is -2.82. The van der Waals surface area contributed by atoms with E-state index in [0.29, 0.717) is 22.6 Å². The minimum atomic E-state index is -0.414. The van der Waals surface area contributed by atoms with Crippen molar-refractivity contribution in [1.82, 2.24) is 0 Å². The fourth-order valence-corrected chi connectivity index (χ4v) is 2.04. The van der Waals surface area contributed by atoms with Crippen LogP contribution >= 0.6 is 0 Å². The molecule has 0 aromatic heterocycles. The first-order valence-corrected chi connectivity index (χ1v) is 7.80. The number of carbonyl (C=O) groups is 2. The number of rotatable bonds is 6. The van der Waals surface area contributed by atoms with Gasteiger partial charge in [0.1, 0.15) is 5.75 Å². The summed E-state index contributed by atoms with van der Waals surface area (Å²) in [5.74, 6) is 0.0104. The molecule has 5 nitrogen and oxygen atoms in total. The number of esters is 1. The normalized spacial score (nSPS) is 11.5. The maximum Gasteiger partial charge on any atom is 0.337 e. The third-order valence-electron chi connectivity index (χ3n) is 3.57. The quantitative estimate of drug-likeness (QED) is 0.817. The summed E-state index contributed by atoms with van der Waals surface area (Å²) < 4.78 is 10.4. The summed E-state index contributed by atoms with van der Waals surface area (Å²) in [6.45, 7) is 4.02. The van der Waals surface area contributed by atoms with E-state index in [4.69, 9.17) is 4.74 Å². The SMILES string of the molecule is CCC(C)Oc1cccc(C(=O)Nc2ccc(C(=O)OC)cc2)c1. The number of nitrogens with one attached hydrogen (secondary N) is 1. The second-order valence-electron chi connectivity index (χ2n) is 5.39. The number of ether oxygens (including phenoxy) is 2. The highest BCUT2D eigenvalue weighted by Gasteiger charge is 2.10. The Kier molecular flexibility index (Phi) is 5.95. The molecule has 1 amide bonds. The number of hydrogen-bond acceptors (Lipinski definition) is 4. The highest BCUT2D eigenvalue weighted by Crippen LogP contribution is 2.18. The molecule has 1 atom stereocenters. The van der Waals surface area contributed by atoms with Crippen LogP contribution in [0.5, 0.6) is 5.75 Å². The molecule has 126 valence electrons. The molecule has 0 aliphatic heterocycles. The molecular weight excluding hydrogens is 306 g/mol. The molecule has 5 heteroatoms.